The molecule has 16 atom stereocenters. The van der Waals surface area contributed by atoms with Crippen molar-refractivity contribution < 1.29 is 59.5 Å². The number of nitrogens with zero attached hydrogens (tertiary/aromatic N) is 4. The Morgan fingerprint density at radius 2 is 1.06 bits per heavy atom. The van der Waals surface area contributed by atoms with Crippen LogP contribution < -0.4 is 14.2 Å². The molecular weight excluding hydrogens is 1170 g/mol. The average molecular weight is 1260 g/mol. The van der Waals surface area contributed by atoms with Crippen molar-refractivity contribution in [3.63, 3.8) is 0 Å². The number of aliphatic hydroxyl groups is 3. The van der Waals surface area contributed by atoms with Crippen LogP contribution in [-0.2, 0) is 56.9 Å². The van der Waals surface area contributed by atoms with Crippen LogP contribution >= 0.6 is 0 Å². The summed E-state index contributed by atoms with van der Waals surface area (Å²) in [4.78, 5) is 35.2. The standard InChI is InChI=1S/C20H23NO4.C19H21NO4.C19H21NO3.C19H25NO/c22-13-4-3-12-9-15-20(24)6-5-14(23)18-19(20,16(12)17(13)25-18)7-8-21(15)10-11-1-2-11;1-2-8-20-9-7-18-15-11-3-4-12(21)16(15)24-17(18)13(22)5-6-19(18,23)14(20)10-11;1-2-8-20-9-7-19-12-4-6-15(22)18(19)23-17-14(21)5-3-11(16(17)19)10-13(12)20;1-2-10-20-11-9-19-8-4-3-5-16(19)18(20)12-14-6-7-15(21)13-17(14)19/h3-4,11,15,18,22,24H,1-2,5-10H2;2-4,14,17,21,23H,1,5-10H2;2-6,12-13,15,18,21-22H,1,7-10H2;2,6-7,13,16,18,21H,1,3-5,8-12H2/t15-,18+,19+,20-;14-,17+,18+,19-;12-,13+,15-,18-,19-;16-,18+,19+/m1100/s1. The number of carbonyl (C=O) groups is 2. The lowest BCUT2D eigenvalue weighted by molar-refractivity contribution is -0.188. The fraction of sp³-hybridized carbons (Fsp3) is 0.558. The molecule has 490 valence electrons. The lowest BCUT2D eigenvalue weighted by Crippen LogP contribution is -2.76. The zero-order valence-corrected chi connectivity index (χ0v) is 53.4. The fourth-order valence-corrected chi connectivity index (χ4v) is 23.1. The second-order valence-corrected chi connectivity index (χ2v) is 30.7. The highest BCUT2D eigenvalue weighted by molar-refractivity contribution is 5.91. The van der Waals surface area contributed by atoms with E-state index < -0.39 is 40.3 Å². The third-order valence-electron chi connectivity index (χ3n) is 26.9. The Labute approximate surface area is 544 Å². The van der Waals surface area contributed by atoms with Crippen molar-refractivity contribution in [2.45, 2.75) is 197 Å². The largest absolute Gasteiger partial charge is 0.508 e. The van der Waals surface area contributed by atoms with Crippen LogP contribution in [0.1, 0.15) is 134 Å². The van der Waals surface area contributed by atoms with Crippen molar-refractivity contribution in [2.24, 2.45) is 17.8 Å². The first-order valence-corrected chi connectivity index (χ1v) is 35.0. The van der Waals surface area contributed by atoms with Crippen LogP contribution in [0.15, 0.2) is 105 Å². The highest BCUT2D eigenvalue weighted by atomic mass is 16.5. The number of Topliss-reactive ketones (excluding diaryl/α,β-unsaturated/α-hetero) is 2. The summed E-state index contributed by atoms with van der Waals surface area (Å²) in [6.07, 6.45) is 24.6. The maximum absolute atomic E-state index is 12.7. The number of carbonyl (C=O) groups excluding carboxylic acids is 2. The number of phenols is 4. The van der Waals surface area contributed by atoms with Gasteiger partial charge in [-0.3, -0.25) is 29.2 Å². The van der Waals surface area contributed by atoms with Gasteiger partial charge in [-0.15, -0.1) is 19.7 Å². The van der Waals surface area contributed by atoms with Crippen LogP contribution in [0, 0.1) is 17.8 Å². The summed E-state index contributed by atoms with van der Waals surface area (Å²) in [7, 11) is 0. The number of likely N-dealkylation sites (tertiary alicyclic amines) is 4. The number of phenolic OH excluding ortho intramolecular Hbond substituents is 4. The van der Waals surface area contributed by atoms with Crippen molar-refractivity contribution in [3.8, 4) is 40.2 Å². The maximum atomic E-state index is 12.7. The zero-order valence-electron chi connectivity index (χ0n) is 53.4. The molecule has 16 aliphatic rings. The number of hydrogen-bond donors (Lipinski definition) is 7. The van der Waals surface area contributed by atoms with E-state index in [1.54, 1.807) is 18.2 Å². The molecule has 93 heavy (non-hydrogen) atoms. The molecule has 7 aliphatic heterocycles. The van der Waals surface area contributed by atoms with E-state index in [2.05, 4.69) is 63.6 Å². The molecule has 0 unspecified atom stereocenters. The average Bonchev–Trinajstić information content (AvgIpc) is 1.14. The molecule has 16 nitrogen and oxygen atoms in total. The minimum absolute atomic E-state index is 0.0408. The van der Waals surface area contributed by atoms with Gasteiger partial charge in [0.2, 0.25) is 0 Å². The number of piperidine rings is 4. The Morgan fingerprint density at radius 3 is 1.68 bits per heavy atom. The van der Waals surface area contributed by atoms with Gasteiger partial charge in [-0.05, 0) is 180 Å². The predicted molar refractivity (Wildman–Crippen MR) is 349 cm³/mol. The normalized spacial score (nSPS) is 39.0. The van der Waals surface area contributed by atoms with Gasteiger partial charge in [0, 0.05) is 103 Å². The molecule has 9 aliphatic carbocycles. The van der Waals surface area contributed by atoms with E-state index in [9.17, 15) is 45.3 Å². The third-order valence-corrected chi connectivity index (χ3v) is 26.9. The number of aliphatic hydroxyl groups excluding tert-OH is 1. The molecule has 4 saturated carbocycles. The summed E-state index contributed by atoms with van der Waals surface area (Å²) in [5, 5.41) is 75.2. The van der Waals surface area contributed by atoms with Crippen LogP contribution in [0.25, 0.3) is 0 Å². The molecular formula is C77H90N4O12. The number of rotatable bonds is 8. The molecule has 4 saturated heterocycles. The van der Waals surface area contributed by atoms with Gasteiger partial charge in [0.15, 0.2) is 58.3 Å². The summed E-state index contributed by atoms with van der Waals surface area (Å²) in [6.45, 7) is 19.2. The predicted octanol–water partition coefficient (Wildman–Crippen LogP) is 8.22. The summed E-state index contributed by atoms with van der Waals surface area (Å²) >= 11 is 0. The Kier molecular flexibility index (Phi) is 13.9. The number of aromatic hydroxyl groups is 4. The SMILES string of the molecule is C=CCN1CC[C@]23CCCC[C@H]2[C@H]1Cc1ccc(O)cc13.C=CCN1CC[C@]23c4c5ccc(O)c4O[C@H]2C(=O)CC[C@@]3(O)[C@H]1C5.C=CCN1CC[C@]23c4c5ccc(O)c4O[C@H]2[C@@H](O)C=C[C@H]3[C@H]1C5.O=C1CC[C@@]2(O)[C@H]3Cc4ccc(O)c5c4[C@@]2(CCN3CC2CC2)[C@H]1O5. The van der Waals surface area contributed by atoms with E-state index in [1.807, 2.05) is 42.5 Å². The number of fused-ring (bicyclic) bond motifs is 1. The maximum Gasteiger partial charge on any atom is 0.174 e. The van der Waals surface area contributed by atoms with Gasteiger partial charge >= 0.3 is 0 Å². The van der Waals surface area contributed by atoms with Gasteiger partial charge in [0.05, 0.1) is 22.0 Å². The summed E-state index contributed by atoms with van der Waals surface area (Å²) < 4.78 is 18.1. The number of hydrogen-bond acceptors (Lipinski definition) is 16. The molecule has 20 rings (SSSR count). The van der Waals surface area contributed by atoms with Crippen LogP contribution in [-0.4, -0.2) is 179 Å². The van der Waals surface area contributed by atoms with E-state index >= 15 is 0 Å². The van der Waals surface area contributed by atoms with E-state index in [-0.39, 0.29) is 52.4 Å². The van der Waals surface area contributed by atoms with Crippen molar-refractivity contribution in [3.05, 3.63) is 149 Å². The Bertz CT molecular complexity index is 3850. The van der Waals surface area contributed by atoms with Crippen LogP contribution in [0.3, 0.4) is 0 Å². The van der Waals surface area contributed by atoms with Gasteiger partial charge < -0.3 is 50.0 Å². The van der Waals surface area contributed by atoms with Gasteiger partial charge in [0.1, 0.15) is 18.0 Å². The fourth-order valence-electron chi connectivity index (χ4n) is 23.1. The molecule has 0 radical (unpaired) electrons. The van der Waals surface area contributed by atoms with Crippen molar-refractivity contribution in [1.29, 1.82) is 0 Å². The lowest BCUT2D eigenvalue weighted by Gasteiger charge is -2.62. The first kappa shape index (κ1) is 60.2. The number of ketones is 2. The molecule has 7 heterocycles. The topological polar surface area (TPSA) is 216 Å². The minimum Gasteiger partial charge on any atom is -0.508 e. The number of ether oxygens (including phenoxy) is 3. The van der Waals surface area contributed by atoms with Crippen molar-refractivity contribution in [1.82, 2.24) is 19.6 Å². The second-order valence-electron chi connectivity index (χ2n) is 30.7. The molecule has 16 heteroatoms. The molecule has 4 aromatic rings. The Balaban J connectivity index is 0.0000000948. The van der Waals surface area contributed by atoms with E-state index in [4.69, 9.17) is 14.2 Å². The van der Waals surface area contributed by atoms with E-state index in [0.717, 1.165) is 118 Å². The van der Waals surface area contributed by atoms with E-state index in [1.165, 1.54) is 68.2 Å². The Hall–Kier alpha value is -6.50. The molecule has 4 aromatic carbocycles. The monoisotopic (exact) mass is 1260 g/mol. The van der Waals surface area contributed by atoms with Gasteiger partial charge in [-0.1, -0.05) is 67.5 Å². The molecule has 0 amide bonds. The Morgan fingerprint density at radius 1 is 0.538 bits per heavy atom. The molecule has 0 aromatic heterocycles. The van der Waals surface area contributed by atoms with Crippen LogP contribution in [0.4, 0.5) is 0 Å². The zero-order chi connectivity index (χ0) is 63.9. The first-order valence-electron chi connectivity index (χ1n) is 35.0. The molecule has 8 bridgehead atoms. The van der Waals surface area contributed by atoms with Crippen LogP contribution in [0.2, 0.25) is 0 Å². The summed E-state index contributed by atoms with van der Waals surface area (Å²) in [5.41, 5.74) is 6.22. The third kappa shape index (κ3) is 8.15. The van der Waals surface area contributed by atoms with E-state index in [0.29, 0.717) is 84.9 Å². The smallest absolute Gasteiger partial charge is 0.174 e. The highest BCUT2D eigenvalue weighted by Gasteiger charge is 2.75. The summed E-state index contributed by atoms with van der Waals surface area (Å²) in [5.74, 6) is 4.26. The molecule has 3 spiro atoms. The quantitative estimate of drug-likeness (QED) is 0.0828. The first-order chi connectivity index (χ1) is 45.0. The molecule has 8 fully saturated rings. The lowest BCUT2D eigenvalue weighted by atomic mass is 9.49. The van der Waals surface area contributed by atoms with Crippen molar-refractivity contribution >= 4 is 11.6 Å². The van der Waals surface area contributed by atoms with Gasteiger partial charge in [0.25, 0.3) is 0 Å². The number of benzene rings is 4. The van der Waals surface area contributed by atoms with Gasteiger partial charge in [-0.2, -0.15) is 0 Å². The molecule has 7 N–H and O–H groups in total. The van der Waals surface area contributed by atoms with Crippen molar-refractivity contribution in [2.75, 3.05) is 52.4 Å². The minimum atomic E-state index is -1.00. The second kappa shape index (κ2) is 21.5. The highest BCUT2D eigenvalue weighted by Crippen LogP contribution is 2.68. The van der Waals surface area contributed by atoms with Crippen LogP contribution in [0.5, 0.6) is 40.2 Å². The summed E-state index contributed by atoms with van der Waals surface area (Å²) in [6, 6.07) is 18.2. The van der Waals surface area contributed by atoms with Gasteiger partial charge in [-0.25, -0.2) is 0 Å².